The van der Waals surface area contributed by atoms with E-state index in [0.29, 0.717) is 5.56 Å². The first-order chi connectivity index (χ1) is 9.95. The first-order valence-electron chi connectivity index (χ1n) is 5.96. The van der Waals surface area contributed by atoms with Crippen LogP contribution in [0, 0.1) is 0 Å². The van der Waals surface area contributed by atoms with Crippen LogP contribution < -0.4 is 10.5 Å². The molecular formula is C15H9O6-. The van der Waals surface area contributed by atoms with Crippen molar-refractivity contribution in [2.45, 2.75) is 0 Å². The molecule has 1 heterocycles. The number of phenolic OH excluding ortho intramolecular Hbond substituents is 3. The number of hydrogen-bond donors (Lipinski definition) is 3. The highest BCUT2D eigenvalue weighted by molar-refractivity contribution is 5.86. The van der Waals surface area contributed by atoms with Gasteiger partial charge in [0.15, 0.2) is 5.43 Å². The molecule has 3 N–H and O–H groups in total. The molecule has 0 bridgehead atoms. The van der Waals surface area contributed by atoms with Crippen molar-refractivity contribution in [2.75, 3.05) is 0 Å². The van der Waals surface area contributed by atoms with Crippen molar-refractivity contribution in [3.8, 4) is 34.3 Å². The summed E-state index contributed by atoms with van der Waals surface area (Å²) in [7, 11) is 0. The maximum absolute atomic E-state index is 12.0. The fourth-order valence-corrected chi connectivity index (χ4v) is 2.07. The Balaban J connectivity index is 2.29. The Morgan fingerprint density at radius 1 is 0.952 bits per heavy atom. The Morgan fingerprint density at radius 2 is 1.71 bits per heavy atom. The number of rotatable bonds is 1. The fourth-order valence-electron chi connectivity index (χ4n) is 2.07. The summed E-state index contributed by atoms with van der Waals surface area (Å²) in [6.07, 6.45) is 0. The zero-order chi connectivity index (χ0) is 15.1. The van der Waals surface area contributed by atoms with Gasteiger partial charge in [-0.15, -0.1) is 0 Å². The number of phenols is 3. The summed E-state index contributed by atoms with van der Waals surface area (Å²) in [5, 5.41) is 39.6. The predicted octanol–water partition coefficient (Wildman–Crippen LogP) is 1.65. The summed E-state index contributed by atoms with van der Waals surface area (Å²) in [4.78, 5) is 12.0. The predicted molar refractivity (Wildman–Crippen MR) is 72.4 cm³/mol. The topological polar surface area (TPSA) is 114 Å². The van der Waals surface area contributed by atoms with Gasteiger partial charge in [-0.1, -0.05) is 17.9 Å². The van der Waals surface area contributed by atoms with Crippen LogP contribution >= 0.6 is 0 Å². The Kier molecular flexibility index (Phi) is 2.72. The highest BCUT2D eigenvalue weighted by atomic mass is 16.3. The highest BCUT2D eigenvalue weighted by Crippen LogP contribution is 2.32. The molecular weight excluding hydrogens is 276 g/mol. The minimum Gasteiger partial charge on any atom is -0.870 e. The number of aromatic hydroxyl groups is 3. The van der Waals surface area contributed by atoms with Crippen LogP contribution in [-0.4, -0.2) is 15.3 Å². The van der Waals surface area contributed by atoms with Gasteiger partial charge in [0.2, 0.25) is 0 Å². The second-order valence-corrected chi connectivity index (χ2v) is 4.50. The molecule has 0 aliphatic heterocycles. The first-order valence-corrected chi connectivity index (χ1v) is 5.96. The van der Waals surface area contributed by atoms with Gasteiger partial charge in [-0.3, -0.25) is 4.79 Å². The third-order valence-corrected chi connectivity index (χ3v) is 3.04. The van der Waals surface area contributed by atoms with Gasteiger partial charge < -0.3 is 24.8 Å². The molecule has 0 saturated heterocycles. The summed E-state index contributed by atoms with van der Waals surface area (Å²) < 4.78 is 5.45. The zero-order valence-corrected chi connectivity index (χ0v) is 10.5. The van der Waals surface area contributed by atoms with E-state index >= 15 is 0 Å². The van der Waals surface area contributed by atoms with E-state index in [1.807, 2.05) is 0 Å². The van der Waals surface area contributed by atoms with Crippen LogP contribution in [0.5, 0.6) is 23.0 Å². The van der Waals surface area contributed by atoms with Gasteiger partial charge in [-0.05, 0) is 6.07 Å². The molecule has 0 fully saturated rings. The van der Waals surface area contributed by atoms with Crippen molar-refractivity contribution >= 4 is 11.0 Å². The molecule has 0 saturated carbocycles. The monoisotopic (exact) mass is 285 g/mol. The number of fused-ring (bicyclic) bond motifs is 1. The standard InChI is InChI=1S/C15H10O6/c16-8-4-11(19)15-12(20)6-13(21-14(15)5-8)7-1-2-9(17)10(18)3-7/h1-6,16-19H/p-1. The maximum atomic E-state index is 12.0. The summed E-state index contributed by atoms with van der Waals surface area (Å²) >= 11 is 0. The molecule has 0 unspecified atom stereocenters. The molecule has 0 radical (unpaired) electrons. The van der Waals surface area contributed by atoms with Crippen molar-refractivity contribution in [3.05, 3.63) is 46.6 Å². The van der Waals surface area contributed by atoms with Crippen molar-refractivity contribution in [1.29, 1.82) is 0 Å². The fraction of sp³-hybridized carbons (Fsp3) is 0. The molecule has 3 aromatic rings. The Hall–Kier alpha value is -3.15. The van der Waals surface area contributed by atoms with Crippen LogP contribution in [-0.2, 0) is 0 Å². The molecule has 3 rings (SSSR count). The molecule has 6 heteroatoms. The summed E-state index contributed by atoms with van der Waals surface area (Å²) in [6.45, 7) is 0. The van der Waals surface area contributed by atoms with E-state index in [9.17, 15) is 25.2 Å². The SMILES string of the molecule is O=c1cc(-c2ccc([O-])c(O)c2)oc2cc(O)cc(O)c12. The largest absolute Gasteiger partial charge is 0.870 e. The van der Waals surface area contributed by atoms with Crippen molar-refractivity contribution in [2.24, 2.45) is 0 Å². The average Bonchev–Trinajstić information content (AvgIpc) is 2.40. The maximum Gasteiger partial charge on any atom is 0.197 e. The van der Waals surface area contributed by atoms with Crippen molar-refractivity contribution in [1.82, 2.24) is 0 Å². The van der Waals surface area contributed by atoms with Crippen LogP contribution in [0.3, 0.4) is 0 Å². The van der Waals surface area contributed by atoms with Crippen LogP contribution in [0.15, 0.2) is 45.6 Å². The van der Waals surface area contributed by atoms with Gasteiger partial charge in [0.25, 0.3) is 0 Å². The molecule has 0 aliphatic carbocycles. The molecule has 0 atom stereocenters. The first kappa shape index (κ1) is 12.9. The molecule has 0 spiro atoms. The third kappa shape index (κ3) is 2.12. The minimum absolute atomic E-state index is 0.000639. The number of hydrogen-bond acceptors (Lipinski definition) is 6. The lowest BCUT2D eigenvalue weighted by Crippen LogP contribution is -2.00. The molecule has 0 aliphatic rings. The van der Waals surface area contributed by atoms with Crippen LogP contribution in [0.4, 0.5) is 0 Å². The lowest BCUT2D eigenvalue weighted by Gasteiger charge is -2.10. The summed E-state index contributed by atoms with van der Waals surface area (Å²) in [6, 6.07) is 7.09. The van der Waals surface area contributed by atoms with Crippen molar-refractivity contribution in [3.63, 3.8) is 0 Å². The Labute approximate surface area is 117 Å². The van der Waals surface area contributed by atoms with Crippen LogP contribution in [0.25, 0.3) is 22.3 Å². The van der Waals surface area contributed by atoms with Gasteiger partial charge in [-0.2, -0.15) is 0 Å². The molecule has 6 nitrogen and oxygen atoms in total. The van der Waals surface area contributed by atoms with Crippen LogP contribution in [0.2, 0.25) is 0 Å². The van der Waals surface area contributed by atoms with E-state index < -0.39 is 16.9 Å². The van der Waals surface area contributed by atoms with Gasteiger partial charge in [0.1, 0.15) is 34.0 Å². The summed E-state index contributed by atoms with van der Waals surface area (Å²) in [5.74, 6) is -1.54. The van der Waals surface area contributed by atoms with Crippen LogP contribution in [0.1, 0.15) is 0 Å². The van der Waals surface area contributed by atoms with Gasteiger partial charge in [-0.25, -0.2) is 0 Å². The normalized spacial score (nSPS) is 10.9. The highest BCUT2D eigenvalue weighted by Gasteiger charge is 2.12. The lowest BCUT2D eigenvalue weighted by atomic mass is 10.1. The zero-order valence-electron chi connectivity index (χ0n) is 10.5. The lowest BCUT2D eigenvalue weighted by molar-refractivity contribution is -0.270. The Morgan fingerprint density at radius 3 is 2.43 bits per heavy atom. The second-order valence-electron chi connectivity index (χ2n) is 4.50. The van der Waals surface area contributed by atoms with E-state index in [0.717, 1.165) is 18.2 Å². The van der Waals surface area contributed by atoms with E-state index in [1.165, 1.54) is 18.2 Å². The van der Waals surface area contributed by atoms with Gasteiger partial charge >= 0.3 is 0 Å². The smallest absolute Gasteiger partial charge is 0.197 e. The molecule has 21 heavy (non-hydrogen) atoms. The molecule has 2 aromatic carbocycles. The average molecular weight is 285 g/mol. The van der Waals surface area contributed by atoms with Gasteiger partial charge in [0, 0.05) is 23.8 Å². The van der Waals surface area contributed by atoms with E-state index in [4.69, 9.17) is 4.42 Å². The van der Waals surface area contributed by atoms with Gasteiger partial charge in [0.05, 0.1) is 0 Å². The van der Waals surface area contributed by atoms with Crippen molar-refractivity contribution < 1.29 is 24.8 Å². The van der Waals surface area contributed by atoms with E-state index in [1.54, 1.807) is 0 Å². The molecule has 1 aromatic heterocycles. The minimum atomic E-state index is -0.544. The molecule has 106 valence electrons. The Bertz CT molecular complexity index is 910. The third-order valence-electron chi connectivity index (χ3n) is 3.04. The second kappa shape index (κ2) is 4.45. The quantitative estimate of drug-likeness (QED) is 0.626. The molecule has 0 amide bonds. The van der Waals surface area contributed by atoms with E-state index in [-0.39, 0.29) is 28.2 Å². The van der Waals surface area contributed by atoms with E-state index in [2.05, 4.69) is 0 Å². The number of benzene rings is 2. The summed E-state index contributed by atoms with van der Waals surface area (Å²) in [5.41, 5.74) is -0.177.